The van der Waals surface area contributed by atoms with E-state index in [-0.39, 0.29) is 34.3 Å². The first kappa shape index (κ1) is 24.9. The first-order chi connectivity index (χ1) is 16.2. The van der Waals surface area contributed by atoms with Gasteiger partial charge in [-0.1, -0.05) is 49.2 Å². The highest BCUT2D eigenvalue weighted by Crippen LogP contribution is 2.52. The molecule has 0 spiro atoms. The van der Waals surface area contributed by atoms with Crippen molar-refractivity contribution in [2.75, 3.05) is 4.90 Å². The number of allylic oxidation sites excluding steroid dienone is 3. The average Bonchev–Trinajstić information content (AvgIpc) is 2.74. The predicted molar refractivity (Wildman–Crippen MR) is 129 cm³/mol. The Morgan fingerprint density at radius 1 is 1.14 bits per heavy atom. The van der Waals surface area contributed by atoms with E-state index in [1.165, 1.54) is 4.90 Å². The van der Waals surface area contributed by atoms with Gasteiger partial charge >= 0.3 is 6.18 Å². The summed E-state index contributed by atoms with van der Waals surface area (Å²) in [7, 11) is 0. The van der Waals surface area contributed by atoms with Crippen LogP contribution in [0.3, 0.4) is 0 Å². The van der Waals surface area contributed by atoms with Gasteiger partial charge in [-0.05, 0) is 55.0 Å². The second-order valence-electron chi connectivity index (χ2n) is 10.0. The quantitative estimate of drug-likeness (QED) is 0.487. The van der Waals surface area contributed by atoms with Crippen LogP contribution in [0.2, 0.25) is 5.02 Å². The van der Waals surface area contributed by atoms with Crippen LogP contribution >= 0.6 is 11.6 Å². The van der Waals surface area contributed by atoms with E-state index in [1.807, 2.05) is 45.9 Å². The molecule has 1 heterocycles. The van der Waals surface area contributed by atoms with E-state index in [9.17, 15) is 23.2 Å². The normalized spacial score (nSPS) is 20.1. The van der Waals surface area contributed by atoms with E-state index >= 15 is 0 Å². The zero-order valence-electron chi connectivity index (χ0n) is 19.8. The van der Waals surface area contributed by atoms with Crippen LogP contribution in [0.25, 0.3) is 0 Å². The molecular weight excluding hydrogens is 475 g/mol. The van der Waals surface area contributed by atoms with E-state index in [0.717, 1.165) is 34.9 Å². The van der Waals surface area contributed by atoms with Crippen molar-refractivity contribution in [2.45, 2.75) is 52.6 Å². The zero-order valence-corrected chi connectivity index (χ0v) is 20.6. The maximum Gasteiger partial charge on any atom is 0.416 e. The molecule has 0 fully saturated rings. The molecule has 2 aliphatic rings. The lowest BCUT2D eigenvalue weighted by Gasteiger charge is -2.44. The summed E-state index contributed by atoms with van der Waals surface area (Å²) in [5.74, 6) is -0.890. The Kier molecular flexibility index (Phi) is 6.01. The number of Topliss-reactive ketones (excluding diaryl/α,β-unsaturated/α-hetero) is 1. The summed E-state index contributed by atoms with van der Waals surface area (Å²) in [6.07, 6.45) is -3.98. The lowest BCUT2D eigenvalue weighted by Crippen LogP contribution is -2.42. The fourth-order valence-corrected chi connectivity index (χ4v) is 5.23. The van der Waals surface area contributed by atoms with Crippen molar-refractivity contribution in [3.05, 3.63) is 86.3 Å². The molecule has 1 aliphatic heterocycles. The van der Waals surface area contributed by atoms with Gasteiger partial charge in [-0.2, -0.15) is 18.4 Å². The number of carbonyl (C=O) groups is 1. The van der Waals surface area contributed by atoms with Crippen molar-refractivity contribution in [3.8, 4) is 6.07 Å². The third-order valence-corrected chi connectivity index (χ3v) is 6.96. The van der Waals surface area contributed by atoms with Gasteiger partial charge < -0.3 is 5.73 Å². The highest BCUT2D eigenvalue weighted by molar-refractivity contribution is 6.33. The summed E-state index contributed by atoms with van der Waals surface area (Å²) < 4.78 is 40.7. The summed E-state index contributed by atoms with van der Waals surface area (Å²) in [5.41, 5.74) is 8.77. The molecule has 0 aromatic heterocycles. The molecule has 0 radical (unpaired) electrons. The third-order valence-electron chi connectivity index (χ3n) is 6.64. The van der Waals surface area contributed by atoms with Gasteiger partial charge in [-0.25, -0.2) is 0 Å². The molecule has 4 rings (SSSR count). The van der Waals surface area contributed by atoms with E-state index in [0.29, 0.717) is 17.7 Å². The first-order valence-corrected chi connectivity index (χ1v) is 11.5. The van der Waals surface area contributed by atoms with Crippen LogP contribution in [0.15, 0.2) is 59.1 Å². The number of anilines is 1. The smallest absolute Gasteiger partial charge is 0.384 e. The van der Waals surface area contributed by atoms with Gasteiger partial charge in [0.2, 0.25) is 0 Å². The summed E-state index contributed by atoms with van der Waals surface area (Å²) in [6, 6.07) is 10.9. The monoisotopic (exact) mass is 499 g/mol. The third kappa shape index (κ3) is 4.32. The van der Waals surface area contributed by atoms with E-state index < -0.39 is 23.1 Å². The van der Waals surface area contributed by atoms with Crippen molar-refractivity contribution >= 4 is 23.1 Å². The van der Waals surface area contributed by atoms with E-state index in [1.54, 1.807) is 0 Å². The Morgan fingerprint density at radius 2 is 1.83 bits per heavy atom. The largest absolute Gasteiger partial charge is 0.416 e. The number of hydrogen-bond donors (Lipinski definition) is 1. The molecule has 4 nitrogen and oxygen atoms in total. The number of alkyl halides is 3. The van der Waals surface area contributed by atoms with Crippen molar-refractivity contribution in [1.82, 2.24) is 0 Å². The Labute approximate surface area is 207 Å². The maximum absolute atomic E-state index is 13.6. The number of carbonyl (C=O) groups excluding carboxylic acids is 1. The molecule has 182 valence electrons. The molecule has 0 saturated heterocycles. The number of halogens is 4. The molecule has 0 saturated carbocycles. The minimum absolute atomic E-state index is 0.0100. The van der Waals surface area contributed by atoms with Crippen LogP contribution in [0.5, 0.6) is 0 Å². The summed E-state index contributed by atoms with van der Waals surface area (Å²) in [4.78, 5) is 15.0. The second-order valence-corrected chi connectivity index (χ2v) is 10.4. The number of nitriles is 1. The minimum atomic E-state index is -4.61. The van der Waals surface area contributed by atoms with Crippen LogP contribution in [-0.4, -0.2) is 5.78 Å². The highest BCUT2D eigenvalue weighted by Gasteiger charge is 2.45. The number of aryl methyl sites for hydroxylation is 2. The number of ketones is 1. The van der Waals surface area contributed by atoms with Crippen molar-refractivity contribution in [1.29, 1.82) is 5.26 Å². The minimum Gasteiger partial charge on any atom is -0.384 e. The standard InChI is InChI=1S/C27H25ClF3N3O/c1-14-5-6-15(2)17(9-14)23-18(13-32)25(33)34(21-11-26(3,4)12-22(35)24(21)23)20-10-16(27(29,30)31)7-8-19(20)28/h5-10,23H,11-12,33H2,1-4H3. The van der Waals surface area contributed by atoms with Gasteiger partial charge in [0.15, 0.2) is 5.78 Å². The Hall–Kier alpha value is -3.24. The van der Waals surface area contributed by atoms with Crippen LogP contribution in [0.1, 0.15) is 54.9 Å². The van der Waals surface area contributed by atoms with Crippen molar-refractivity contribution in [2.24, 2.45) is 11.1 Å². The summed E-state index contributed by atoms with van der Waals surface area (Å²) in [6.45, 7) is 7.66. The summed E-state index contributed by atoms with van der Waals surface area (Å²) in [5, 5.41) is 10.2. The molecule has 2 aromatic carbocycles. The van der Waals surface area contributed by atoms with Crippen LogP contribution in [-0.2, 0) is 11.0 Å². The second kappa shape index (κ2) is 8.46. The SMILES string of the molecule is Cc1ccc(C)c(C2C(C#N)=C(N)N(c3cc(C(F)(F)F)ccc3Cl)C3=C2C(=O)CC(C)(C)C3)c1. The molecule has 8 heteroatoms. The van der Waals surface area contributed by atoms with Crippen LogP contribution in [0, 0.1) is 30.6 Å². The van der Waals surface area contributed by atoms with Crippen LogP contribution < -0.4 is 10.6 Å². The fraction of sp³-hybridized carbons (Fsp3) is 0.333. The first-order valence-electron chi connectivity index (χ1n) is 11.1. The van der Waals surface area contributed by atoms with Gasteiger partial charge in [0.25, 0.3) is 0 Å². The Bertz CT molecular complexity index is 1350. The zero-order chi connectivity index (χ0) is 25.9. The lowest BCUT2D eigenvalue weighted by atomic mass is 9.68. The molecule has 35 heavy (non-hydrogen) atoms. The predicted octanol–water partition coefficient (Wildman–Crippen LogP) is 6.92. The number of benzene rings is 2. The van der Waals surface area contributed by atoms with Gasteiger partial charge in [-0.15, -0.1) is 0 Å². The molecule has 0 amide bonds. The number of rotatable bonds is 2. The van der Waals surface area contributed by atoms with E-state index in [2.05, 4.69) is 6.07 Å². The molecule has 1 unspecified atom stereocenters. The molecule has 2 aromatic rings. The van der Waals surface area contributed by atoms with Gasteiger partial charge in [0.1, 0.15) is 5.82 Å². The van der Waals surface area contributed by atoms with Gasteiger partial charge in [0, 0.05) is 17.7 Å². The molecule has 1 aliphatic carbocycles. The van der Waals surface area contributed by atoms with Gasteiger partial charge in [-0.3, -0.25) is 9.69 Å². The molecule has 1 atom stereocenters. The Balaban J connectivity index is 2.06. The summed E-state index contributed by atoms with van der Waals surface area (Å²) >= 11 is 6.40. The molecular formula is C27H25ClF3N3O. The van der Waals surface area contributed by atoms with Crippen molar-refractivity contribution < 1.29 is 18.0 Å². The molecule has 2 N–H and O–H groups in total. The van der Waals surface area contributed by atoms with Crippen molar-refractivity contribution in [3.63, 3.8) is 0 Å². The molecule has 0 bridgehead atoms. The topological polar surface area (TPSA) is 70.1 Å². The maximum atomic E-state index is 13.6. The Morgan fingerprint density at radius 3 is 2.46 bits per heavy atom. The number of nitrogens with two attached hydrogens (primary N) is 1. The number of hydrogen-bond acceptors (Lipinski definition) is 4. The lowest BCUT2D eigenvalue weighted by molar-refractivity contribution is -0.137. The van der Waals surface area contributed by atoms with E-state index in [4.69, 9.17) is 17.3 Å². The van der Waals surface area contributed by atoms with Crippen LogP contribution in [0.4, 0.5) is 18.9 Å². The fourth-order valence-electron chi connectivity index (χ4n) is 5.03. The average molecular weight is 500 g/mol. The van der Waals surface area contributed by atoms with Gasteiger partial charge in [0.05, 0.1) is 33.8 Å². The number of nitrogens with zero attached hydrogens (tertiary/aromatic N) is 2. The highest BCUT2D eigenvalue weighted by atomic mass is 35.5.